The van der Waals surface area contributed by atoms with Crippen LogP contribution in [0.5, 0.6) is 5.75 Å². The Kier molecular flexibility index (Phi) is 7.54. The van der Waals surface area contributed by atoms with Crippen LogP contribution < -0.4 is 15.2 Å². The molecule has 34 heavy (non-hydrogen) atoms. The van der Waals surface area contributed by atoms with Crippen molar-refractivity contribution in [1.29, 1.82) is 0 Å². The van der Waals surface area contributed by atoms with E-state index in [1.165, 1.54) is 12.0 Å². The van der Waals surface area contributed by atoms with Crippen molar-refractivity contribution in [3.63, 3.8) is 0 Å². The highest BCUT2D eigenvalue weighted by molar-refractivity contribution is 5.71. The largest absolute Gasteiger partial charge is 0.497 e. The van der Waals surface area contributed by atoms with Gasteiger partial charge < -0.3 is 19.1 Å². The van der Waals surface area contributed by atoms with Crippen molar-refractivity contribution in [1.82, 2.24) is 9.78 Å². The summed E-state index contributed by atoms with van der Waals surface area (Å²) < 4.78 is 58.1. The van der Waals surface area contributed by atoms with E-state index in [1.807, 2.05) is 0 Å². The first-order valence-corrected chi connectivity index (χ1v) is 10.8. The number of benzene rings is 1. The Hall–Kier alpha value is -3.08. The maximum absolute atomic E-state index is 13.9. The zero-order valence-corrected chi connectivity index (χ0v) is 19.5. The van der Waals surface area contributed by atoms with E-state index in [9.17, 15) is 22.8 Å². The standard InChI is InChI=1S/C23H28F3N3O5/c1-22(2,3)34-19(30)14-33-13-16-9-10-28(16)18-11-27-29(21(31)20(18)23(24,25)26)12-15-5-7-17(32-4)8-6-15/h5-8,11,16H,9-10,12-14H2,1-4H3/t16-/m0/s1. The molecule has 0 unspecified atom stereocenters. The van der Waals surface area contributed by atoms with Crippen LogP contribution in [0.15, 0.2) is 35.3 Å². The first-order valence-electron chi connectivity index (χ1n) is 10.8. The number of methoxy groups -OCH3 is 1. The highest BCUT2D eigenvalue weighted by Crippen LogP contribution is 2.37. The summed E-state index contributed by atoms with van der Waals surface area (Å²) in [6.07, 6.45) is -3.25. The van der Waals surface area contributed by atoms with Crippen molar-refractivity contribution in [3.8, 4) is 5.75 Å². The molecule has 2 heterocycles. The molecule has 0 radical (unpaired) electrons. The number of rotatable bonds is 8. The van der Waals surface area contributed by atoms with Crippen LogP contribution >= 0.6 is 0 Å². The lowest BCUT2D eigenvalue weighted by Gasteiger charge is -2.43. The van der Waals surface area contributed by atoms with Crippen LogP contribution in [0.1, 0.15) is 38.3 Å². The third kappa shape index (κ3) is 6.28. The Morgan fingerprint density at radius 3 is 2.38 bits per heavy atom. The van der Waals surface area contributed by atoms with E-state index < -0.39 is 34.9 Å². The zero-order chi connectivity index (χ0) is 25.1. The summed E-state index contributed by atoms with van der Waals surface area (Å²) in [6.45, 7) is 5.08. The molecule has 0 N–H and O–H groups in total. The molecule has 1 atom stereocenters. The Balaban J connectivity index is 1.75. The Labute approximate surface area is 195 Å². The van der Waals surface area contributed by atoms with Crippen molar-refractivity contribution in [2.24, 2.45) is 0 Å². The molecule has 1 aliphatic rings. The SMILES string of the molecule is COc1ccc(Cn2ncc(N3CC[C@H]3COCC(=O)OC(C)(C)C)c(C(F)(F)F)c2=O)cc1. The predicted molar refractivity (Wildman–Crippen MR) is 118 cm³/mol. The molecule has 0 amide bonds. The number of halogens is 3. The normalized spacial score (nSPS) is 16.2. The minimum absolute atomic E-state index is 0.0193. The van der Waals surface area contributed by atoms with Gasteiger partial charge in [-0.15, -0.1) is 0 Å². The molecule has 0 saturated carbocycles. The fraction of sp³-hybridized carbons (Fsp3) is 0.522. The topological polar surface area (TPSA) is 82.9 Å². The molecule has 2 aromatic rings. The third-order valence-electron chi connectivity index (χ3n) is 5.20. The van der Waals surface area contributed by atoms with E-state index in [0.717, 1.165) is 10.9 Å². The number of anilines is 1. The quantitative estimate of drug-likeness (QED) is 0.533. The molecule has 1 saturated heterocycles. The molecule has 0 aliphatic carbocycles. The maximum Gasteiger partial charge on any atom is 0.423 e. The molecular formula is C23H28F3N3O5. The van der Waals surface area contributed by atoms with Gasteiger partial charge in [-0.2, -0.15) is 18.3 Å². The molecule has 3 rings (SSSR count). The van der Waals surface area contributed by atoms with E-state index >= 15 is 0 Å². The number of alkyl halides is 3. The lowest BCUT2D eigenvalue weighted by Crippen LogP contribution is -2.52. The summed E-state index contributed by atoms with van der Waals surface area (Å²) in [5.41, 5.74) is -2.84. The first-order chi connectivity index (χ1) is 15.9. The van der Waals surface area contributed by atoms with E-state index in [2.05, 4.69) is 5.10 Å². The number of nitrogens with zero attached hydrogens (tertiary/aromatic N) is 3. The summed E-state index contributed by atoms with van der Waals surface area (Å²) in [5.74, 6) is 0.0326. The Bertz CT molecular complexity index is 1060. The predicted octanol–water partition coefficient (Wildman–Crippen LogP) is 3.26. The summed E-state index contributed by atoms with van der Waals surface area (Å²) >= 11 is 0. The van der Waals surface area contributed by atoms with Gasteiger partial charge in [-0.3, -0.25) is 4.79 Å². The van der Waals surface area contributed by atoms with Crippen LogP contribution in [-0.4, -0.2) is 54.3 Å². The summed E-state index contributed by atoms with van der Waals surface area (Å²) in [6, 6.07) is 6.20. The Morgan fingerprint density at radius 2 is 1.85 bits per heavy atom. The molecule has 1 fully saturated rings. The van der Waals surface area contributed by atoms with Gasteiger partial charge in [0.05, 0.1) is 38.2 Å². The fourth-order valence-corrected chi connectivity index (χ4v) is 3.56. The maximum atomic E-state index is 13.9. The van der Waals surface area contributed by atoms with Gasteiger partial charge in [0.15, 0.2) is 0 Å². The number of carbonyl (C=O) groups is 1. The summed E-state index contributed by atoms with van der Waals surface area (Å²) in [7, 11) is 1.50. The number of carbonyl (C=O) groups excluding carboxylic acids is 1. The van der Waals surface area contributed by atoms with Gasteiger partial charge in [-0.1, -0.05) is 12.1 Å². The fourth-order valence-electron chi connectivity index (χ4n) is 3.56. The number of esters is 1. The highest BCUT2D eigenvalue weighted by Gasteiger charge is 2.42. The average molecular weight is 483 g/mol. The van der Waals surface area contributed by atoms with Crippen LogP contribution in [0.4, 0.5) is 18.9 Å². The molecular weight excluding hydrogens is 455 g/mol. The van der Waals surface area contributed by atoms with Gasteiger partial charge >= 0.3 is 12.1 Å². The lowest BCUT2D eigenvalue weighted by atomic mass is 10.0. The molecule has 0 bridgehead atoms. The Morgan fingerprint density at radius 1 is 1.18 bits per heavy atom. The van der Waals surface area contributed by atoms with Crippen molar-refractivity contribution in [3.05, 3.63) is 51.9 Å². The van der Waals surface area contributed by atoms with E-state index in [1.54, 1.807) is 45.0 Å². The number of hydrogen-bond acceptors (Lipinski definition) is 7. The molecule has 0 spiro atoms. The van der Waals surface area contributed by atoms with Gasteiger partial charge in [-0.25, -0.2) is 9.48 Å². The molecule has 186 valence electrons. The lowest BCUT2D eigenvalue weighted by molar-refractivity contribution is -0.160. The van der Waals surface area contributed by atoms with Gasteiger partial charge in [0.25, 0.3) is 5.56 Å². The van der Waals surface area contributed by atoms with Crippen LogP contribution in [-0.2, 0) is 27.0 Å². The van der Waals surface area contributed by atoms with Crippen LogP contribution in [0.25, 0.3) is 0 Å². The molecule has 11 heteroatoms. The second kappa shape index (κ2) is 10.0. The number of ether oxygens (including phenoxy) is 3. The van der Waals surface area contributed by atoms with Gasteiger partial charge in [0.1, 0.15) is 23.5 Å². The van der Waals surface area contributed by atoms with Gasteiger partial charge in [-0.05, 0) is 44.9 Å². The highest BCUT2D eigenvalue weighted by atomic mass is 19.4. The second-order valence-electron chi connectivity index (χ2n) is 8.95. The third-order valence-corrected chi connectivity index (χ3v) is 5.20. The first kappa shape index (κ1) is 25.5. The van der Waals surface area contributed by atoms with Crippen LogP contribution in [0.2, 0.25) is 0 Å². The van der Waals surface area contributed by atoms with Crippen molar-refractivity contribution >= 4 is 11.7 Å². The second-order valence-corrected chi connectivity index (χ2v) is 8.95. The van der Waals surface area contributed by atoms with E-state index in [4.69, 9.17) is 14.2 Å². The number of hydrogen-bond donors (Lipinski definition) is 0. The monoisotopic (exact) mass is 483 g/mol. The summed E-state index contributed by atoms with van der Waals surface area (Å²) in [5, 5.41) is 3.99. The average Bonchev–Trinajstić information content (AvgIpc) is 2.70. The van der Waals surface area contributed by atoms with Gasteiger partial charge in [0.2, 0.25) is 0 Å². The van der Waals surface area contributed by atoms with Crippen LogP contribution in [0, 0.1) is 0 Å². The van der Waals surface area contributed by atoms with E-state index in [-0.39, 0.29) is 25.4 Å². The molecule has 1 aromatic heterocycles. The molecule has 1 aromatic carbocycles. The molecule has 8 nitrogen and oxygen atoms in total. The zero-order valence-electron chi connectivity index (χ0n) is 19.5. The van der Waals surface area contributed by atoms with E-state index in [0.29, 0.717) is 24.3 Å². The minimum atomic E-state index is -4.87. The van der Waals surface area contributed by atoms with Crippen molar-refractivity contribution < 1.29 is 32.2 Å². The summed E-state index contributed by atoms with van der Waals surface area (Å²) in [4.78, 5) is 26.0. The number of aromatic nitrogens is 2. The molecule has 1 aliphatic heterocycles. The van der Waals surface area contributed by atoms with Crippen molar-refractivity contribution in [2.45, 2.75) is 51.6 Å². The smallest absolute Gasteiger partial charge is 0.423 e. The van der Waals surface area contributed by atoms with Gasteiger partial charge in [0, 0.05) is 6.54 Å². The van der Waals surface area contributed by atoms with Crippen molar-refractivity contribution in [2.75, 3.05) is 31.8 Å². The van der Waals surface area contributed by atoms with Crippen LogP contribution in [0.3, 0.4) is 0 Å². The minimum Gasteiger partial charge on any atom is -0.497 e.